The minimum absolute atomic E-state index is 0.482. The summed E-state index contributed by atoms with van der Waals surface area (Å²) in [6.07, 6.45) is 5.92. The van der Waals surface area contributed by atoms with Crippen molar-refractivity contribution in [1.82, 2.24) is 19.6 Å². The monoisotopic (exact) mass is 276 g/mol. The van der Waals surface area contributed by atoms with Crippen LogP contribution in [0.25, 0.3) is 6.08 Å². The third-order valence-corrected chi connectivity index (χ3v) is 2.75. The summed E-state index contributed by atoms with van der Waals surface area (Å²) in [5, 5.41) is 17.1. The zero-order valence-corrected chi connectivity index (χ0v) is 11.6. The van der Waals surface area contributed by atoms with Crippen molar-refractivity contribution < 1.29 is 14.6 Å². The number of carbonyl (C=O) groups is 1. The fourth-order valence-electron chi connectivity index (χ4n) is 1.80. The van der Waals surface area contributed by atoms with Crippen LogP contribution in [-0.4, -0.2) is 30.6 Å². The molecule has 0 aliphatic rings. The number of carboxylic acids is 1. The van der Waals surface area contributed by atoms with Gasteiger partial charge in [0.05, 0.1) is 23.7 Å². The van der Waals surface area contributed by atoms with E-state index >= 15 is 0 Å². The van der Waals surface area contributed by atoms with Crippen LogP contribution in [0.5, 0.6) is 11.6 Å². The third-order valence-electron chi connectivity index (χ3n) is 2.75. The molecule has 7 nitrogen and oxygen atoms in total. The lowest BCUT2D eigenvalue weighted by molar-refractivity contribution is -0.131. The van der Waals surface area contributed by atoms with Gasteiger partial charge in [-0.3, -0.25) is 4.68 Å². The van der Waals surface area contributed by atoms with Crippen LogP contribution in [0, 0.1) is 6.92 Å². The quantitative estimate of drug-likeness (QED) is 0.842. The summed E-state index contributed by atoms with van der Waals surface area (Å²) in [5.74, 6) is 0.0495. The van der Waals surface area contributed by atoms with E-state index in [1.54, 1.807) is 35.7 Å². The van der Waals surface area contributed by atoms with Crippen LogP contribution < -0.4 is 4.74 Å². The summed E-state index contributed by atoms with van der Waals surface area (Å²) in [7, 11) is 1.74. The van der Waals surface area contributed by atoms with Crippen LogP contribution in [-0.2, 0) is 18.4 Å². The van der Waals surface area contributed by atoms with Crippen molar-refractivity contribution in [1.29, 1.82) is 0 Å². The molecule has 0 aliphatic heterocycles. The Balaban J connectivity index is 2.32. The first kappa shape index (κ1) is 13.9. The van der Waals surface area contributed by atoms with Gasteiger partial charge in [0, 0.05) is 19.7 Å². The number of hydrogen-bond donors (Lipinski definition) is 1. The summed E-state index contributed by atoms with van der Waals surface area (Å²) in [6, 6.07) is 0. The fourth-order valence-corrected chi connectivity index (χ4v) is 1.80. The Bertz CT molecular complexity index is 655. The summed E-state index contributed by atoms with van der Waals surface area (Å²) < 4.78 is 9.06. The number of ether oxygens (including phenoxy) is 1. The van der Waals surface area contributed by atoms with Crippen LogP contribution in [0.4, 0.5) is 0 Å². The van der Waals surface area contributed by atoms with Crippen LogP contribution >= 0.6 is 0 Å². The molecule has 0 aromatic carbocycles. The number of aryl methyl sites for hydroxylation is 3. The second-order valence-electron chi connectivity index (χ2n) is 4.23. The van der Waals surface area contributed by atoms with Crippen molar-refractivity contribution in [3.8, 4) is 11.6 Å². The molecule has 2 heterocycles. The first-order valence-corrected chi connectivity index (χ1v) is 6.16. The molecule has 20 heavy (non-hydrogen) atoms. The van der Waals surface area contributed by atoms with Crippen molar-refractivity contribution in [2.45, 2.75) is 20.4 Å². The Labute approximate surface area is 116 Å². The number of hydrogen-bond acceptors (Lipinski definition) is 4. The maximum Gasteiger partial charge on any atom is 0.328 e. The van der Waals surface area contributed by atoms with Gasteiger partial charge in [0.2, 0.25) is 5.88 Å². The van der Waals surface area contributed by atoms with Crippen molar-refractivity contribution in [3.05, 3.63) is 29.7 Å². The normalized spacial score (nSPS) is 11.2. The lowest BCUT2D eigenvalue weighted by atomic mass is 10.2. The first-order valence-electron chi connectivity index (χ1n) is 6.16. The van der Waals surface area contributed by atoms with E-state index in [2.05, 4.69) is 10.2 Å². The molecule has 0 spiro atoms. The van der Waals surface area contributed by atoms with Gasteiger partial charge in [-0.05, 0) is 19.9 Å². The first-order chi connectivity index (χ1) is 9.51. The van der Waals surface area contributed by atoms with E-state index in [1.165, 1.54) is 6.08 Å². The van der Waals surface area contributed by atoms with Crippen molar-refractivity contribution in [2.24, 2.45) is 7.05 Å². The van der Waals surface area contributed by atoms with Gasteiger partial charge >= 0.3 is 5.97 Å². The number of carboxylic acid groups (broad SMARTS) is 1. The molecule has 0 saturated heterocycles. The smallest absolute Gasteiger partial charge is 0.328 e. The van der Waals surface area contributed by atoms with Gasteiger partial charge in [0.25, 0.3) is 0 Å². The zero-order valence-electron chi connectivity index (χ0n) is 11.6. The number of aromatic nitrogens is 4. The lowest BCUT2D eigenvalue weighted by Gasteiger charge is -2.04. The molecule has 0 unspecified atom stereocenters. The molecular weight excluding hydrogens is 260 g/mol. The third kappa shape index (κ3) is 2.87. The second-order valence-corrected chi connectivity index (χ2v) is 4.23. The maximum absolute atomic E-state index is 10.6. The second kappa shape index (κ2) is 5.60. The largest absolute Gasteiger partial charge is 0.478 e. The molecule has 0 atom stereocenters. The van der Waals surface area contributed by atoms with Gasteiger partial charge in [-0.25, -0.2) is 9.48 Å². The van der Waals surface area contributed by atoms with Gasteiger partial charge in [0.15, 0.2) is 5.75 Å². The SMILES string of the molecule is CCn1cc(Oc2c(/C=C/C(=O)O)c(C)nn2C)cn1. The van der Waals surface area contributed by atoms with Gasteiger partial charge in [-0.2, -0.15) is 10.2 Å². The Hall–Kier alpha value is -2.57. The Morgan fingerprint density at radius 2 is 2.30 bits per heavy atom. The highest BCUT2D eigenvalue weighted by Crippen LogP contribution is 2.27. The van der Waals surface area contributed by atoms with E-state index in [-0.39, 0.29) is 0 Å². The molecule has 0 saturated carbocycles. The molecule has 0 amide bonds. The summed E-state index contributed by atoms with van der Waals surface area (Å²) >= 11 is 0. The Morgan fingerprint density at radius 3 is 2.90 bits per heavy atom. The van der Waals surface area contributed by atoms with Gasteiger partial charge < -0.3 is 9.84 Å². The highest BCUT2D eigenvalue weighted by atomic mass is 16.5. The fraction of sp³-hybridized carbons (Fsp3) is 0.308. The molecule has 0 fully saturated rings. The van der Waals surface area contributed by atoms with Crippen molar-refractivity contribution >= 4 is 12.0 Å². The average Bonchev–Trinajstić information content (AvgIpc) is 2.94. The Morgan fingerprint density at radius 1 is 1.55 bits per heavy atom. The summed E-state index contributed by atoms with van der Waals surface area (Å²) in [4.78, 5) is 10.6. The predicted molar refractivity (Wildman–Crippen MR) is 72.6 cm³/mol. The van der Waals surface area contributed by atoms with Crippen LogP contribution in [0.3, 0.4) is 0 Å². The molecule has 0 radical (unpaired) electrons. The molecule has 106 valence electrons. The van der Waals surface area contributed by atoms with E-state index in [1.807, 2.05) is 6.92 Å². The highest BCUT2D eigenvalue weighted by Gasteiger charge is 2.14. The van der Waals surface area contributed by atoms with Crippen LogP contribution in [0.1, 0.15) is 18.2 Å². The number of nitrogens with zero attached hydrogens (tertiary/aromatic N) is 4. The van der Waals surface area contributed by atoms with Crippen LogP contribution in [0.15, 0.2) is 18.5 Å². The molecule has 0 bridgehead atoms. The van der Waals surface area contributed by atoms with E-state index in [9.17, 15) is 4.79 Å². The van der Waals surface area contributed by atoms with Gasteiger partial charge in [-0.15, -0.1) is 0 Å². The standard InChI is InChI=1S/C13H16N4O3/c1-4-17-8-10(7-14-17)20-13-11(5-6-12(18)19)9(2)15-16(13)3/h5-8H,4H2,1-3H3,(H,18,19)/b6-5+. The molecule has 7 heteroatoms. The number of aliphatic carboxylic acids is 1. The van der Waals surface area contributed by atoms with Crippen LogP contribution in [0.2, 0.25) is 0 Å². The van der Waals surface area contributed by atoms with Gasteiger partial charge in [-0.1, -0.05) is 0 Å². The van der Waals surface area contributed by atoms with Crippen molar-refractivity contribution in [3.63, 3.8) is 0 Å². The highest BCUT2D eigenvalue weighted by molar-refractivity contribution is 5.86. The van der Waals surface area contributed by atoms with E-state index in [0.29, 0.717) is 22.9 Å². The minimum atomic E-state index is -1.02. The zero-order chi connectivity index (χ0) is 14.7. The number of rotatable bonds is 5. The van der Waals surface area contributed by atoms with E-state index in [4.69, 9.17) is 9.84 Å². The van der Waals surface area contributed by atoms with E-state index < -0.39 is 5.97 Å². The topological polar surface area (TPSA) is 82.2 Å². The molecule has 2 aromatic heterocycles. The average molecular weight is 276 g/mol. The minimum Gasteiger partial charge on any atom is -0.478 e. The maximum atomic E-state index is 10.6. The Kier molecular flexibility index (Phi) is 3.88. The molecular formula is C13H16N4O3. The molecule has 2 aromatic rings. The summed E-state index contributed by atoms with van der Waals surface area (Å²) in [6.45, 7) is 4.52. The lowest BCUT2D eigenvalue weighted by Crippen LogP contribution is -1.96. The van der Waals surface area contributed by atoms with E-state index in [0.717, 1.165) is 12.6 Å². The molecule has 0 aliphatic carbocycles. The summed E-state index contributed by atoms with van der Waals surface area (Å²) in [5.41, 5.74) is 1.34. The molecule has 2 rings (SSSR count). The van der Waals surface area contributed by atoms with Crippen molar-refractivity contribution in [2.75, 3.05) is 0 Å². The van der Waals surface area contributed by atoms with Gasteiger partial charge in [0.1, 0.15) is 0 Å². The molecule has 1 N–H and O–H groups in total. The predicted octanol–water partition coefficient (Wildman–Crippen LogP) is 1.84.